The highest BCUT2D eigenvalue weighted by molar-refractivity contribution is 5.40. The average molecular weight is 247 g/mol. The Morgan fingerprint density at radius 1 is 1.28 bits per heavy atom. The Morgan fingerprint density at radius 2 is 1.94 bits per heavy atom. The molecule has 2 rings (SSSR count). The van der Waals surface area contributed by atoms with Gasteiger partial charge in [-0.25, -0.2) is 9.37 Å². The first kappa shape index (κ1) is 12.3. The lowest BCUT2D eigenvalue weighted by Crippen LogP contribution is -2.19. The quantitative estimate of drug-likeness (QED) is 0.903. The third kappa shape index (κ3) is 2.74. The van der Waals surface area contributed by atoms with Crippen molar-refractivity contribution < 1.29 is 9.50 Å². The third-order valence-corrected chi connectivity index (χ3v) is 2.61. The van der Waals surface area contributed by atoms with E-state index in [4.69, 9.17) is 0 Å². The highest BCUT2D eigenvalue weighted by atomic mass is 19.1. The van der Waals surface area contributed by atoms with Crippen molar-refractivity contribution in [3.63, 3.8) is 0 Å². The van der Waals surface area contributed by atoms with E-state index >= 15 is 0 Å². The molecule has 1 N–H and O–H groups in total. The monoisotopic (exact) mass is 247 g/mol. The van der Waals surface area contributed by atoms with Gasteiger partial charge >= 0.3 is 6.01 Å². The summed E-state index contributed by atoms with van der Waals surface area (Å²) in [6.07, 6.45) is 0.962. The van der Waals surface area contributed by atoms with Crippen molar-refractivity contribution in [2.75, 3.05) is 11.9 Å². The molecule has 0 atom stereocenters. The van der Waals surface area contributed by atoms with Crippen molar-refractivity contribution in [1.82, 2.24) is 9.97 Å². The van der Waals surface area contributed by atoms with Gasteiger partial charge in [0.05, 0.1) is 6.20 Å². The van der Waals surface area contributed by atoms with E-state index in [0.717, 1.165) is 11.8 Å². The molecule has 0 saturated carbocycles. The van der Waals surface area contributed by atoms with Crippen molar-refractivity contribution in [2.24, 2.45) is 0 Å². The molecule has 0 spiro atoms. The van der Waals surface area contributed by atoms with Crippen molar-refractivity contribution in [3.05, 3.63) is 47.4 Å². The molecule has 94 valence electrons. The minimum atomic E-state index is -0.553. The number of benzene rings is 1. The summed E-state index contributed by atoms with van der Waals surface area (Å²) in [6.45, 7) is 2.52. The summed E-state index contributed by atoms with van der Waals surface area (Å²) in [7, 11) is 1.71. The molecule has 0 radical (unpaired) electrons. The van der Waals surface area contributed by atoms with Gasteiger partial charge in [-0.1, -0.05) is 29.8 Å². The molecule has 0 saturated heterocycles. The van der Waals surface area contributed by atoms with Gasteiger partial charge < -0.3 is 10.0 Å². The molecule has 0 bridgehead atoms. The van der Waals surface area contributed by atoms with Crippen molar-refractivity contribution >= 4 is 5.82 Å². The second-order valence-electron chi connectivity index (χ2n) is 4.18. The molecule has 0 fully saturated rings. The van der Waals surface area contributed by atoms with Crippen LogP contribution in [0.5, 0.6) is 6.01 Å². The highest BCUT2D eigenvalue weighted by Crippen LogP contribution is 2.18. The average Bonchev–Trinajstić information content (AvgIpc) is 2.35. The van der Waals surface area contributed by atoms with E-state index in [1.165, 1.54) is 5.56 Å². The van der Waals surface area contributed by atoms with Gasteiger partial charge in [-0.3, -0.25) is 0 Å². The van der Waals surface area contributed by atoms with Crippen LogP contribution >= 0.6 is 0 Å². The first-order valence-electron chi connectivity index (χ1n) is 5.54. The number of rotatable bonds is 3. The zero-order valence-electron chi connectivity index (χ0n) is 10.3. The lowest BCUT2D eigenvalue weighted by Gasteiger charge is -2.18. The van der Waals surface area contributed by atoms with Gasteiger partial charge in [-0.05, 0) is 12.5 Å². The van der Waals surface area contributed by atoms with E-state index in [1.807, 2.05) is 31.2 Å². The number of hydrogen-bond donors (Lipinski definition) is 1. The number of aromatic nitrogens is 2. The van der Waals surface area contributed by atoms with Crippen LogP contribution in [-0.2, 0) is 6.54 Å². The third-order valence-electron chi connectivity index (χ3n) is 2.61. The van der Waals surface area contributed by atoms with Crippen LogP contribution in [-0.4, -0.2) is 22.1 Å². The van der Waals surface area contributed by atoms with E-state index < -0.39 is 11.8 Å². The number of hydrogen-bond acceptors (Lipinski definition) is 4. The fourth-order valence-corrected chi connectivity index (χ4v) is 1.66. The van der Waals surface area contributed by atoms with Gasteiger partial charge in [-0.2, -0.15) is 4.98 Å². The summed E-state index contributed by atoms with van der Waals surface area (Å²) in [5.41, 5.74) is 2.22. The van der Waals surface area contributed by atoms with Crippen molar-refractivity contribution in [3.8, 4) is 6.01 Å². The van der Waals surface area contributed by atoms with Gasteiger partial charge in [0.2, 0.25) is 0 Å². The van der Waals surface area contributed by atoms with E-state index in [1.54, 1.807) is 11.9 Å². The summed E-state index contributed by atoms with van der Waals surface area (Å²) in [5, 5.41) is 9.17. The Bertz CT molecular complexity index is 542. The minimum Gasteiger partial charge on any atom is -0.479 e. The largest absolute Gasteiger partial charge is 0.479 e. The van der Waals surface area contributed by atoms with Gasteiger partial charge in [-0.15, -0.1) is 0 Å². The van der Waals surface area contributed by atoms with Crippen molar-refractivity contribution in [2.45, 2.75) is 13.5 Å². The normalized spacial score (nSPS) is 10.4. The zero-order chi connectivity index (χ0) is 13.1. The predicted octanol–water partition coefficient (Wildman–Crippen LogP) is 2.27. The van der Waals surface area contributed by atoms with Crippen LogP contribution < -0.4 is 4.90 Å². The number of aromatic hydroxyl groups is 1. The summed E-state index contributed by atoms with van der Waals surface area (Å²) in [6, 6.07) is 7.52. The maximum absolute atomic E-state index is 13.5. The van der Waals surface area contributed by atoms with E-state index in [9.17, 15) is 9.50 Å². The van der Waals surface area contributed by atoms with E-state index in [0.29, 0.717) is 6.54 Å². The molecule has 1 aromatic carbocycles. The molecule has 0 aliphatic heterocycles. The van der Waals surface area contributed by atoms with Crippen LogP contribution in [0.2, 0.25) is 0 Å². The SMILES string of the molecule is Cc1ccc(CN(C)c2nc(O)ncc2F)cc1. The summed E-state index contributed by atoms with van der Waals surface area (Å²) < 4.78 is 13.5. The molecule has 0 unspecified atom stereocenters. The summed E-state index contributed by atoms with van der Waals surface area (Å²) in [5.74, 6) is -0.467. The molecule has 0 amide bonds. The maximum atomic E-state index is 13.5. The first-order chi connectivity index (χ1) is 8.56. The Morgan fingerprint density at radius 3 is 2.61 bits per heavy atom. The molecule has 5 heteroatoms. The van der Waals surface area contributed by atoms with Crippen LogP contribution in [0, 0.1) is 12.7 Å². The zero-order valence-corrected chi connectivity index (χ0v) is 10.3. The number of nitrogens with zero attached hydrogens (tertiary/aromatic N) is 3. The Hall–Kier alpha value is -2.17. The standard InChI is InChI=1S/C13H14FN3O/c1-9-3-5-10(6-4-9)8-17(2)12-11(14)7-15-13(18)16-12/h3-7H,8H2,1-2H3,(H,15,16,18). The van der Waals surface area contributed by atoms with Gasteiger partial charge in [0, 0.05) is 13.6 Å². The van der Waals surface area contributed by atoms with Gasteiger partial charge in [0.25, 0.3) is 0 Å². The summed E-state index contributed by atoms with van der Waals surface area (Å²) in [4.78, 5) is 8.69. The molecular weight excluding hydrogens is 233 g/mol. The number of halogens is 1. The van der Waals surface area contributed by atoms with Crippen molar-refractivity contribution in [1.29, 1.82) is 0 Å². The molecular formula is C13H14FN3O. The molecule has 2 aromatic rings. The maximum Gasteiger partial charge on any atom is 0.315 e. The van der Waals surface area contributed by atoms with Crippen LogP contribution in [0.4, 0.5) is 10.2 Å². The summed E-state index contributed by atoms with van der Waals surface area (Å²) >= 11 is 0. The molecule has 4 nitrogen and oxygen atoms in total. The Kier molecular flexibility index (Phi) is 3.41. The molecule has 1 heterocycles. The Labute approximate surface area is 105 Å². The molecule has 0 aliphatic rings. The highest BCUT2D eigenvalue weighted by Gasteiger charge is 2.11. The number of anilines is 1. The lowest BCUT2D eigenvalue weighted by molar-refractivity contribution is 0.424. The second kappa shape index (κ2) is 5.00. The minimum absolute atomic E-state index is 0.0862. The van der Waals surface area contributed by atoms with Crippen LogP contribution in [0.1, 0.15) is 11.1 Å². The molecule has 18 heavy (non-hydrogen) atoms. The van der Waals surface area contributed by atoms with Crippen LogP contribution in [0.3, 0.4) is 0 Å². The van der Waals surface area contributed by atoms with Gasteiger partial charge in [0.1, 0.15) is 0 Å². The molecule has 1 aromatic heterocycles. The van der Waals surface area contributed by atoms with E-state index in [-0.39, 0.29) is 5.82 Å². The Balaban J connectivity index is 2.18. The van der Waals surface area contributed by atoms with E-state index in [2.05, 4.69) is 9.97 Å². The van der Waals surface area contributed by atoms with Crippen LogP contribution in [0.25, 0.3) is 0 Å². The fourth-order valence-electron chi connectivity index (χ4n) is 1.66. The molecule has 0 aliphatic carbocycles. The topological polar surface area (TPSA) is 49.2 Å². The smallest absolute Gasteiger partial charge is 0.315 e. The predicted molar refractivity (Wildman–Crippen MR) is 66.9 cm³/mol. The lowest BCUT2D eigenvalue weighted by atomic mass is 10.1. The van der Waals surface area contributed by atoms with Crippen LogP contribution in [0.15, 0.2) is 30.5 Å². The fraction of sp³-hybridized carbons (Fsp3) is 0.231. The first-order valence-corrected chi connectivity index (χ1v) is 5.54. The second-order valence-corrected chi connectivity index (χ2v) is 4.18. The van der Waals surface area contributed by atoms with Gasteiger partial charge in [0.15, 0.2) is 11.6 Å². The number of aryl methyl sites for hydroxylation is 1.